The van der Waals surface area contributed by atoms with Crippen molar-refractivity contribution in [1.29, 1.82) is 0 Å². The van der Waals surface area contributed by atoms with E-state index < -0.39 is 0 Å². The summed E-state index contributed by atoms with van der Waals surface area (Å²) in [6.45, 7) is 13.0. The first-order valence-corrected chi connectivity index (χ1v) is 7.89. The number of carbonyl (C=O) groups is 1. The third-order valence-corrected chi connectivity index (χ3v) is 3.83. The molecule has 19 heavy (non-hydrogen) atoms. The number of nitrogens with one attached hydrogen (secondary N) is 1. The number of amides is 1. The Kier molecular flexibility index (Phi) is 9.63. The highest BCUT2D eigenvalue weighted by atomic mass is 16.1. The standard InChI is InChI=1S/C17H33NO/c1-6-8-10-11-13-17(5,12-9-7-2)14-18-16(19)15(3)4/h3,6-14H2,1-2,4-5H3,(H,18,19). The lowest BCUT2D eigenvalue weighted by Crippen LogP contribution is -2.36. The molecular weight excluding hydrogens is 234 g/mol. The minimum Gasteiger partial charge on any atom is -0.352 e. The van der Waals surface area contributed by atoms with Crippen molar-refractivity contribution in [1.82, 2.24) is 5.32 Å². The Bertz CT molecular complexity index is 272. The van der Waals surface area contributed by atoms with Gasteiger partial charge in [-0.15, -0.1) is 0 Å². The summed E-state index contributed by atoms with van der Waals surface area (Å²) in [5.74, 6) is -0.00344. The smallest absolute Gasteiger partial charge is 0.246 e. The summed E-state index contributed by atoms with van der Waals surface area (Å²) in [7, 11) is 0. The molecule has 1 amide bonds. The van der Waals surface area contributed by atoms with Gasteiger partial charge in [0.2, 0.25) is 5.91 Å². The van der Waals surface area contributed by atoms with Crippen LogP contribution < -0.4 is 5.32 Å². The summed E-state index contributed by atoms with van der Waals surface area (Å²) in [4.78, 5) is 11.6. The Hall–Kier alpha value is -0.790. The Balaban J connectivity index is 4.24. The second kappa shape index (κ2) is 10.1. The van der Waals surface area contributed by atoms with Crippen LogP contribution in [0.15, 0.2) is 12.2 Å². The van der Waals surface area contributed by atoms with E-state index in [1.54, 1.807) is 6.92 Å². The second-order valence-corrected chi connectivity index (χ2v) is 6.19. The molecule has 0 aliphatic rings. The minimum atomic E-state index is -0.00344. The van der Waals surface area contributed by atoms with Crippen molar-refractivity contribution in [2.24, 2.45) is 5.41 Å². The van der Waals surface area contributed by atoms with Crippen LogP contribution in [0, 0.1) is 5.41 Å². The van der Waals surface area contributed by atoms with E-state index in [0.29, 0.717) is 5.57 Å². The largest absolute Gasteiger partial charge is 0.352 e. The van der Waals surface area contributed by atoms with E-state index in [1.807, 2.05) is 0 Å². The molecule has 0 rings (SSSR count). The van der Waals surface area contributed by atoms with Crippen LogP contribution in [0.5, 0.6) is 0 Å². The second-order valence-electron chi connectivity index (χ2n) is 6.19. The van der Waals surface area contributed by atoms with Gasteiger partial charge >= 0.3 is 0 Å². The molecule has 0 saturated heterocycles. The van der Waals surface area contributed by atoms with Gasteiger partial charge in [-0.3, -0.25) is 4.79 Å². The highest BCUT2D eigenvalue weighted by Crippen LogP contribution is 2.30. The van der Waals surface area contributed by atoms with Crippen molar-refractivity contribution in [2.75, 3.05) is 6.54 Å². The monoisotopic (exact) mass is 267 g/mol. The summed E-state index contributed by atoms with van der Waals surface area (Å²) in [6, 6.07) is 0. The van der Waals surface area contributed by atoms with Crippen LogP contribution in [-0.2, 0) is 4.79 Å². The van der Waals surface area contributed by atoms with Crippen molar-refractivity contribution >= 4 is 5.91 Å². The Morgan fingerprint density at radius 3 is 2.16 bits per heavy atom. The first-order chi connectivity index (χ1) is 8.95. The van der Waals surface area contributed by atoms with Crippen LogP contribution in [0.1, 0.15) is 79.1 Å². The van der Waals surface area contributed by atoms with Gasteiger partial charge in [-0.25, -0.2) is 0 Å². The average Bonchev–Trinajstić information content (AvgIpc) is 2.39. The quantitative estimate of drug-likeness (QED) is 0.421. The van der Waals surface area contributed by atoms with Gasteiger partial charge in [0.25, 0.3) is 0 Å². The van der Waals surface area contributed by atoms with Gasteiger partial charge in [0.15, 0.2) is 0 Å². The fourth-order valence-electron chi connectivity index (χ4n) is 2.33. The fourth-order valence-corrected chi connectivity index (χ4v) is 2.33. The lowest BCUT2D eigenvalue weighted by atomic mass is 9.80. The lowest BCUT2D eigenvalue weighted by Gasteiger charge is -2.30. The maximum absolute atomic E-state index is 11.6. The Morgan fingerprint density at radius 1 is 1.05 bits per heavy atom. The Morgan fingerprint density at radius 2 is 1.63 bits per heavy atom. The summed E-state index contributed by atoms with van der Waals surface area (Å²) < 4.78 is 0. The summed E-state index contributed by atoms with van der Waals surface area (Å²) in [5, 5.41) is 3.03. The minimum absolute atomic E-state index is 0.00344. The summed E-state index contributed by atoms with van der Waals surface area (Å²) >= 11 is 0. The van der Waals surface area contributed by atoms with Crippen molar-refractivity contribution in [2.45, 2.75) is 79.1 Å². The summed E-state index contributed by atoms with van der Waals surface area (Å²) in [5.41, 5.74) is 0.846. The Labute approximate surface area is 120 Å². The number of rotatable bonds is 11. The molecule has 1 atom stereocenters. The molecule has 0 aromatic rings. The van der Waals surface area contributed by atoms with E-state index in [2.05, 4.69) is 32.7 Å². The summed E-state index contributed by atoms with van der Waals surface area (Å²) in [6.07, 6.45) is 10.1. The van der Waals surface area contributed by atoms with Crippen LogP contribution in [-0.4, -0.2) is 12.5 Å². The zero-order chi connectivity index (χ0) is 14.7. The highest BCUT2D eigenvalue weighted by molar-refractivity contribution is 5.92. The molecule has 0 radical (unpaired) electrons. The third-order valence-electron chi connectivity index (χ3n) is 3.83. The van der Waals surface area contributed by atoms with Crippen molar-refractivity contribution in [3.05, 3.63) is 12.2 Å². The predicted molar refractivity (Wildman–Crippen MR) is 84.2 cm³/mol. The van der Waals surface area contributed by atoms with Crippen LogP contribution in [0.25, 0.3) is 0 Å². The van der Waals surface area contributed by atoms with Gasteiger partial charge in [-0.05, 0) is 25.2 Å². The number of hydrogen-bond acceptors (Lipinski definition) is 1. The fraction of sp³-hybridized carbons (Fsp3) is 0.824. The number of carbonyl (C=O) groups excluding carboxylic acids is 1. The van der Waals surface area contributed by atoms with E-state index >= 15 is 0 Å². The van der Waals surface area contributed by atoms with Gasteiger partial charge < -0.3 is 5.32 Å². The van der Waals surface area contributed by atoms with Gasteiger partial charge in [0.1, 0.15) is 0 Å². The SMILES string of the molecule is C=C(C)C(=O)NCC(C)(CCCC)CCCCCC. The molecule has 0 aromatic carbocycles. The van der Waals surface area contributed by atoms with Gasteiger partial charge in [-0.2, -0.15) is 0 Å². The maximum atomic E-state index is 11.6. The first-order valence-electron chi connectivity index (χ1n) is 7.89. The van der Waals surface area contributed by atoms with Crippen molar-refractivity contribution in [3.63, 3.8) is 0 Å². The van der Waals surface area contributed by atoms with Crippen molar-refractivity contribution < 1.29 is 4.79 Å². The lowest BCUT2D eigenvalue weighted by molar-refractivity contribution is -0.117. The molecule has 0 fully saturated rings. The topological polar surface area (TPSA) is 29.1 Å². The van der Waals surface area contributed by atoms with E-state index in [9.17, 15) is 4.79 Å². The van der Waals surface area contributed by atoms with Crippen LogP contribution >= 0.6 is 0 Å². The molecule has 0 spiro atoms. The normalized spacial score (nSPS) is 13.9. The molecule has 0 aliphatic carbocycles. The molecule has 1 unspecified atom stereocenters. The maximum Gasteiger partial charge on any atom is 0.246 e. The average molecular weight is 267 g/mol. The van der Waals surface area contributed by atoms with E-state index in [-0.39, 0.29) is 11.3 Å². The van der Waals surface area contributed by atoms with E-state index in [4.69, 9.17) is 0 Å². The molecular formula is C17H33NO. The zero-order valence-electron chi connectivity index (χ0n) is 13.5. The van der Waals surface area contributed by atoms with Gasteiger partial charge in [0, 0.05) is 12.1 Å². The molecule has 0 bridgehead atoms. The molecule has 0 saturated carbocycles. The molecule has 2 nitrogen and oxygen atoms in total. The molecule has 0 aromatic heterocycles. The third kappa shape index (κ3) is 8.85. The number of unbranched alkanes of at least 4 members (excludes halogenated alkanes) is 4. The molecule has 0 aliphatic heterocycles. The van der Waals surface area contributed by atoms with E-state index in [0.717, 1.165) is 6.54 Å². The van der Waals surface area contributed by atoms with Crippen molar-refractivity contribution in [3.8, 4) is 0 Å². The number of hydrogen-bond donors (Lipinski definition) is 1. The van der Waals surface area contributed by atoms with Crippen LogP contribution in [0.4, 0.5) is 0 Å². The molecule has 2 heteroatoms. The zero-order valence-corrected chi connectivity index (χ0v) is 13.5. The molecule has 1 N–H and O–H groups in total. The van der Waals surface area contributed by atoms with Crippen LogP contribution in [0.3, 0.4) is 0 Å². The molecule has 0 heterocycles. The van der Waals surface area contributed by atoms with Gasteiger partial charge in [-0.1, -0.05) is 65.9 Å². The first kappa shape index (κ1) is 18.2. The predicted octanol–water partition coefficient (Wildman–Crippen LogP) is 4.85. The van der Waals surface area contributed by atoms with E-state index in [1.165, 1.54) is 51.4 Å². The van der Waals surface area contributed by atoms with Gasteiger partial charge in [0.05, 0.1) is 0 Å². The van der Waals surface area contributed by atoms with Crippen LogP contribution in [0.2, 0.25) is 0 Å². The highest BCUT2D eigenvalue weighted by Gasteiger charge is 2.23. The molecule has 112 valence electrons.